The number of hydrogen-bond acceptors (Lipinski definition) is 9. The number of benzene rings is 2. The van der Waals surface area contributed by atoms with E-state index in [0.717, 1.165) is 5.56 Å². The zero-order valence-electron chi connectivity index (χ0n) is 22.9. The lowest BCUT2D eigenvalue weighted by atomic mass is 9.84. The van der Waals surface area contributed by atoms with Gasteiger partial charge < -0.3 is 30.2 Å². The number of ether oxygens (including phenoxy) is 3. The number of aromatic nitrogens is 2. The molecular weight excluding hydrogens is 524 g/mol. The number of nitrogens with two attached hydrogens (primary N) is 1. The van der Waals surface area contributed by atoms with Gasteiger partial charge >= 0.3 is 5.97 Å². The van der Waals surface area contributed by atoms with Crippen LogP contribution in [-0.2, 0) is 14.3 Å². The molecule has 10 nitrogen and oxygen atoms in total. The molecule has 2 aromatic carbocycles. The molecule has 3 aromatic rings. The number of methoxy groups -OCH3 is 3. The number of hydrogen-bond donors (Lipinski definition) is 2. The number of halogens is 2. The number of nitrogen functional groups attached to an aromatic ring is 1. The summed E-state index contributed by atoms with van der Waals surface area (Å²) >= 11 is 0. The third kappa shape index (κ3) is 5.76. The Balaban J connectivity index is 1.61. The molecule has 2 heterocycles. The van der Waals surface area contributed by atoms with Crippen molar-refractivity contribution in [2.24, 2.45) is 5.92 Å². The second-order valence-electron chi connectivity index (χ2n) is 9.52. The molecule has 3 N–H and O–H groups in total. The van der Waals surface area contributed by atoms with E-state index in [4.69, 9.17) is 19.9 Å². The maximum Gasteiger partial charge on any atom is 0.311 e. The minimum atomic E-state index is -0.800. The molecule has 1 saturated heterocycles. The lowest BCUT2D eigenvalue weighted by Crippen LogP contribution is -2.47. The van der Waals surface area contributed by atoms with E-state index >= 15 is 4.39 Å². The normalized spacial score (nSPS) is 17.9. The van der Waals surface area contributed by atoms with Crippen LogP contribution in [0.3, 0.4) is 0 Å². The highest BCUT2D eigenvalue weighted by molar-refractivity contribution is 5.91. The molecule has 1 aromatic heterocycles. The van der Waals surface area contributed by atoms with Gasteiger partial charge in [-0.05, 0) is 36.7 Å². The van der Waals surface area contributed by atoms with E-state index in [1.54, 1.807) is 17.0 Å². The predicted molar refractivity (Wildman–Crippen MR) is 144 cm³/mol. The van der Waals surface area contributed by atoms with Crippen molar-refractivity contribution in [3.05, 3.63) is 53.4 Å². The standard InChI is InChI=1S/C28H33F2N5O5/c1-5-32-20(15-6-8-16(29)9-7-15)13-22(36)35-11-10-17(19(14-35)28(37)40-4)27-33-24-18(26(31)34-27)12-21(38-2)25(39-3)23(24)30/h6-9,12,17,19-20,32H,5,10-11,13-14H2,1-4H3,(H2,31,33,34). The van der Waals surface area contributed by atoms with Gasteiger partial charge in [0, 0.05) is 36.9 Å². The molecule has 1 aliphatic heterocycles. The number of fused-ring (bicyclic) bond motifs is 1. The molecule has 0 saturated carbocycles. The highest BCUT2D eigenvalue weighted by Gasteiger charge is 2.40. The number of carbonyl (C=O) groups is 2. The van der Waals surface area contributed by atoms with E-state index in [-0.39, 0.29) is 64.8 Å². The fourth-order valence-electron chi connectivity index (χ4n) is 5.17. The quantitative estimate of drug-likeness (QED) is 0.381. The number of carbonyl (C=O) groups excluding carboxylic acids is 2. The van der Waals surface area contributed by atoms with Gasteiger partial charge in [-0.1, -0.05) is 19.1 Å². The Morgan fingerprint density at radius 3 is 2.50 bits per heavy atom. The molecule has 214 valence electrons. The maximum atomic E-state index is 15.4. The van der Waals surface area contributed by atoms with E-state index in [9.17, 15) is 14.0 Å². The lowest BCUT2D eigenvalue weighted by molar-refractivity contribution is -0.150. The smallest absolute Gasteiger partial charge is 0.311 e. The van der Waals surface area contributed by atoms with Crippen LogP contribution in [0.5, 0.6) is 11.5 Å². The molecule has 4 rings (SSSR count). The third-order valence-corrected chi connectivity index (χ3v) is 7.23. The molecule has 3 atom stereocenters. The number of esters is 1. The Hall–Kier alpha value is -4.06. The van der Waals surface area contributed by atoms with Gasteiger partial charge in [0.1, 0.15) is 23.0 Å². The second kappa shape index (κ2) is 12.4. The minimum Gasteiger partial charge on any atom is -0.493 e. The highest BCUT2D eigenvalue weighted by atomic mass is 19.1. The molecule has 0 bridgehead atoms. The third-order valence-electron chi connectivity index (χ3n) is 7.23. The summed E-state index contributed by atoms with van der Waals surface area (Å²) in [4.78, 5) is 36.7. The summed E-state index contributed by atoms with van der Waals surface area (Å²) in [6.45, 7) is 2.91. The molecule has 40 heavy (non-hydrogen) atoms. The van der Waals surface area contributed by atoms with Crippen molar-refractivity contribution < 1.29 is 32.6 Å². The average Bonchev–Trinajstić information content (AvgIpc) is 2.96. The van der Waals surface area contributed by atoms with E-state index in [2.05, 4.69) is 15.3 Å². The van der Waals surface area contributed by atoms with Crippen LogP contribution in [0.4, 0.5) is 14.6 Å². The summed E-state index contributed by atoms with van der Waals surface area (Å²) in [5, 5.41) is 3.51. The Bertz CT molecular complexity index is 1390. The number of likely N-dealkylation sites (tertiary alicyclic amines) is 1. The zero-order chi connectivity index (χ0) is 29.0. The van der Waals surface area contributed by atoms with Crippen LogP contribution in [0.25, 0.3) is 10.9 Å². The number of anilines is 1. The minimum absolute atomic E-state index is 0.0229. The number of amides is 1. The molecule has 3 unspecified atom stereocenters. The van der Waals surface area contributed by atoms with Gasteiger partial charge in [0.15, 0.2) is 17.3 Å². The molecule has 1 amide bonds. The van der Waals surface area contributed by atoms with Crippen molar-refractivity contribution in [3.63, 3.8) is 0 Å². The van der Waals surface area contributed by atoms with Crippen molar-refractivity contribution in [2.45, 2.75) is 31.7 Å². The number of nitrogens with zero attached hydrogens (tertiary/aromatic N) is 3. The summed E-state index contributed by atoms with van der Waals surface area (Å²) in [5.74, 6) is -2.99. The van der Waals surface area contributed by atoms with Gasteiger partial charge in [-0.15, -0.1) is 0 Å². The van der Waals surface area contributed by atoms with Crippen LogP contribution in [0.15, 0.2) is 30.3 Å². The van der Waals surface area contributed by atoms with E-state index in [0.29, 0.717) is 19.5 Å². The van der Waals surface area contributed by atoms with Gasteiger partial charge in [0.2, 0.25) is 5.91 Å². The first-order chi connectivity index (χ1) is 19.2. The summed E-state index contributed by atoms with van der Waals surface area (Å²) in [6.07, 6.45) is 0.443. The van der Waals surface area contributed by atoms with Crippen LogP contribution in [0.1, 0.15) is 43.1 Å². The summed E-state index contributed by atoms with van der Waals surface area (Å²) in [7, 11) is 3.96. The van der Waals surface area contributed by atoms with Gasteiger partial charge in [0.25, 0.3) is 0 Å². The summed E-state index contributed by atoms with van der Waals surface area (Å²) in [6, 6.07) is 7.16. The topological polar surface area (TPSA) is 129 Å². The Labute approximate surface area is 230 Å². The number of nitrogens with one attached hydrogen (secondary N) is 1. The number of rotatable bonds is 9. The fraction of sp³-hybridized carbons (Fsp3) is 0.429. The zero-order valence-corrected chi connectivity index (χ0v) is 22.9. The first-order valence-electron chi connectivity index (χ1n) is 12.9. The van der Waals surface area contributed by atoms with Crippen molar-refractivity contribution in [1.29, 1.82) is 0 Å². The monoisotopic (exact) mass is 557 g/mol. The summed E-state index contributed by atoms with van der Waals surface area (Å²) in [5.41, 5.74) is 6.92. The van der Waals surface area contributed by atoms with Crippen LogP contribution >= 0.6 is 0 Å². The van der Waals surface area contributed by atoms with E-state index in [1.807, 2.05) is 6.92 Å². The first kappa shape index (κ1) is 28.9. The largest absolute Gasteiger partial charge is 0.493 e. The fourth-order valence-corrected chi connectivity index (χ4v) is 5.17. The SMILES string of the molecule is CCNC(CC(=O)N1CCC(c2nc(N)c3cc(OC)c(OC)c(F)c3n2)C(C(=O)OC)C1)c1ccc(F)cc1. The van der Waals surface area contributed by atoms with E-state index in [1.165, 1.54) is 39.5 Å². The molecule has 0 spiro atoms. The predicted octanol–water partition coefficient (Wildman–Crippen LogP) is 3.35. The van der Waals surface area contributed by atoms with E-state index < -0.39 is 23.6 Å². The second-order valence-corrected chi connectivity index (χ2v) is 9.52. The number of piperidine rings is 1. The maximum absolute atomic E-state index is 15.4. The average molecular weight is 558 g/mol. The Kier molecular flexibility index (Phi) is 8.98. The van der Waals surface area contributed by atoms with Gasteiger partial charge in [-0.3, -0.25) is 9.59 Å². The van der Waals surface area contributed by atoms with Gasteiger partial charge in [0.05, 0.1) is 27.2 Å². The van der Waals surface area contributed by atoms with Crippen molar-refractivity contribution >= 4 is 28.6 Å². The Morgan fingerprint density at radius 1 is 1.15 bits per heavy atom. The van der Waals surface area contributed by atoms with Crippen molar-refractivity contribution in [2.75, 3.05) is 46.7 Å². The molecule has 12 heteroatoms. The van der Waals surface area contributed by atoms with Crippen molar-refractivity contribution in [3.8, 4) is 11.5 Å². The highest BCUT2D eigenvalue weighted by Crippen LogP contribution is 2.39. The molecule has 0 radical (unpaired) electrons. The first-order valence-corrected chi connectivity index (χ1v) is 12.9. The Morgan fingerprint density at radius 2 is 1.88 bits per heavy atom. The van der Waals surface area contributed by atoms with Crippen LogP contribution in [0.2, 0.25) is 0 Å². The summed E-state index contributed by atoms with van der Waals surface area (Å²) < 4.78 is 44.2. The molecule has 1 fully saturated rings. The van der Waals surface area contributed by atoms with Crippen molar-refractivity contribution in [1.82, 2.24) is 20.2 Å². The lowest BCUT2D eigenvalue weighted by Gasteiger charge is -2.37. The molecule has 1 aliphatic rings. The van der Waals surface area contributed by atoms with Crippen LogP contribution in [-0.4, -0.2) is 67.7 Å². The van der Waals surface area contributed by atoms with Crippen LogP contribution < -0.4 is 20.5 Å². The molecule has 0 aliphatic carbocycles. The van der Waals surface area contributed by atoms with Crippen LogP contribution in [0, 0.1) is 17.6 Å². The molecular formula is C28H33F2N5O5. The van der Waals surface area contributed by atoms with Gasteiger partial charge in [-0.2, -0.15) is 0 Å². The van der Waals surface area contributed by atoms with Gasteiger partial charge in [-0.25, -0.2) is 18.7 Å².